The molecule has 0 amide bonds. The molecule has 100 valence electrons. The molecule has 1 spiro atoms. The zero-order valence-corrected chi connectivity index (χ0v) is 11.0. The third kappa shape index (κ3) is 0.959. The molecular weight excluding hydrogens is 244 g/mol. The van der Waals surface area contributed by atoms with Gasteiger partial charge in [-0.25, -0.2) is 0 Å². The van der Waals surface area contributed by atoms with Gasteiger partial charge in [-0.15, -0.1) is 0 Å². The van der Waals surface area contributed by atoms with Gasteiger partial charge in [-0.05, 0) is 43.1 Å². The summed E-state index contributed by atoms with van der Waals surface area (Å²) < 4.78 is 5.76. The molecule has 1 heterocycles. The standard InChI is InChI=1S/C15H16O4/c1-7-12-9(3-8(5-16)10(12)6-17)13(18)14(2)15(7)4-11(15)19-14/h3,11,16-17H,4-6H2,1-2H3/t11?,14-,15?/m0/s1. The molecule has 4 nitrogen and oxygen atoms in total. The summed E-state index contributed by atoms with van der Waals surface area (Å²) in [5.41, 5.74) is 3.08. The summed E-state index contributed by atoms with van der Waals surface area (Å²) in [6.07, 6.45) is 2.77. The molecule has 0 aromatic carbocycles. The molecule has 0 aromatic rings. The van der Waals surface area contributed by atoms with Crippen LogP contribution in [0.1, 0.15) is 20.3 Å². The molecule has 1 saturated heterocycles. The molecule has 3 atom stereocenters. The molecule has 0 radical (unpaired) electrons. The van der Waals surface area contributed by atoms with Crippen molar-refractivity contribution in [1.82, 2.24) is 0 Å². The number of carbonyl (C=O) groups excluding carboxylic acids is 1. The Balaban J connectivity index is 1.98. The number of Topliss-reactive ketones (excluding diaryl/α,β-unsaturated/α-hetero) is 1. The average Bonchev–Trinajstić information content (AvgIpc) is 2.86. The zero-order valence-electron chi connectivity index (χ0n) is 11.0. The van der Waals surface area contributed by atoms with Gasteiger partial charge in [0.1, 0.15) is 5.60 Å². The fourth-order valence-corrected chi connectivity index (χ4v) is 4.28. The van der Waals surface area contributed by atoms with Gasteiger partial charge in [-0.1, -0.05) is 5.57 Å². The number of aliphatic hydroxyl groups is 2. The van der Waals surface area contributed by atoms with Crippen LogP contribution in [0.5, 0.6) is 0 Å². The minimum Gasteiger partial charge on any atom is -0.392 e. The first-order valence-corrected chi connectivity index (χ1v) is 6.61. The van der Waals surface area contributed by atoms with E-state index >= 15 is 0 Å². The molecule has 3 aliphatic carbocycles. The first-order chi connectivity index (χ1) is 9.01. The van der Waals surface area contributed by atoms with Crippen LogP contribution < -0.4 is 0 Å². The summed E-state index contributed by atoms with van der Waals surface area (Å²) >= 11 is 0. The summed E-state index contributed by atoms with van der Waals surface area (Å²) in [6, 6.07) is 0. The Bertz CT molecular complexity index is 624. The summed E-state index contributed by atoms with van der Waals surface area (Å²) in [5.74, 6) is -0.00347. The highest BCUT2D eigenvalue weighted by molar-refractivity contribution is 6.12. The third-order valence-corrected chi connectivity index (χ3v) is 5.45. The maximum absolute atomic E-state index is 12.7. The van der Waals surface area contributed by atoms with Gasteiger partial charge in [0.05, 0.1) is 24.7 Å². The molecule has 4 aliphatic rings. The van der Waals surface area contributed by atoms with Gasteiger partial charge in [0, 0.05) is 5.57 Å². The lowest BCUT2D eigenvalue weighted by molar-refractivity contribution is -0.189. The summed E-state index contributed by atoms with van der Waals surface area (Å²) in [4.78, 5) is 12.7. The minimum absolute atomic E-state index is 0.00347. The Morgan fingerprint density at radius 1 is 1.42 bits per heavy atom. The third-order valence-electron chi connectivity index (χ3n) is 5.45. The highest BCUT2D eigenvalue weighted by atomic mass is 16.6. The van der Waals surface area contributed by atoms with Crippen LogP contribution in [0.4, 0.5) is 0 Å². The summed E-state index contributed by atoms with van der Waals surface area (Å²) in [7, 11) is 0. The Kier molecular flexibility index (Phi) is 1.88. The summed E-state index contributed by atoms with van der Waals surface area (Å²) in [5, 5.41) is 19.0. The zero-order chi connectivity index (χ0) is 13.6. The Hall–Kier alpha value is -1.23. The number of ketones is 1. The van der Waals surface area contributed by atoms with Gasteiger partial charge < -0.3 is 14.9 Å². The number of rotatable bonds is 2. The Morgan fingerprint density at radius 2 is 2.16 bits per heavy atom. The van der Waals surface area contributed by atoms with Crippen LogP contribution in [-0.4, -0.2) is 40.9 Å². The highest BCUT2D eigenvalue weighted by Gasteiger charge is 2.82. The maximum atomic E-state index is 12.7. The largest absolute Gasteiger partial charge is 0.392 e. The van der Waals surface area contributed by atoms with E-state index in [2.05, 4.69) is 0 Å². The molecule has 1 aliphatic heterocycles. The molecule has 0 bridgehead atoms. The SMILES string of the molecule is CC1=C2C(=CC(CO)=C2CO)C(=O)[C@]2(C)OC3CC132. The first-order valence-electron chi connectivity index (χ1n) is 6.61. The van der Waals surface area contributed by atoms with E-state index in [9.17, 15) is 15.0 Å². The van der Waals surface area contributed by atoms with Gasteiger partial charge in [0.25, 0.3) is 0 Å². The number of aliphatic hydroxyl groups excluding tert-OH is 2. The monoisotopic (exact) mass is 260 g/mol. The van der Waals surface area contributed by atoms with Gasteiger partial charge >= 0.3 is 0 Å². The van der Waals surface area contributed by atoms with Crippen molar-refractivity contribution in [3.8, 4) is 0 Å². The van der Waals surface area contributed by atoms with Gasteiger partial charge in [0.2, 0.25) is 0 Å². The Morgan fingerprint density at radius 3 is 2.68 bits per heavy atom. The van der Waals surface area contributed by atoms with Crippen molar-refractivity contribution in [3.05, 3.63) is 33.9 Å². The van der Waals surface area contributed by atoms with Crippen molar-refractivity contribution >= 4 is 5.78 Å². The predicted molar refractivity (Wildman–Crippen MR) is 67.3 cm³/mol. The number of fused-ring (bicyclic) bond motifs is 1. The first kappa shape index (κ1) is 11.6. The normalized spacial score (nSPS) is 42.6. The van der Waals surface area contributed by atoms with E-state index in [1.54, 1.807) is 6.08 Å². The van der Waals surface area contributed by atoms with Crippen molar-refractivity contribution in [2.45, 2.75) is 32.0 Å². The molecule has 4 heteroatoms. The van der Waals surface area contributed by atoms with E-state index in [0.29, 0.717) is 16.7 Å². The fourth-order valence-electron chi connectivity index (χ4n) is 4.28. The second-order valence-corrected chi connectivity index (χ2v) is 6.02. The van der Waals surface area contributed by atoms with Crippen LogP contribution in [0.15, 0.2) is 33.9 Å². The quantitative estimate of drug-likeness (QED) is 0.765. The van der Waals surface area contributed by atoms with E-state index in [-0.39, 0.29) is 30.5 Å². The van der Waals surface area contributed by atoms with Crippen LogP contribution in [0, 0.1) is 5.41 Å². The maximum Gasteiger partial charge on any atom is 0.195 e. The van der Waals surface area contributed by atoms with E-state index in [1.165, 1.54) is 0 Å². The van der Waals surface area contributed by atoms with E-state index in [0.717, 1.165) is 17.6 Å². The van der Waals surface area contributed by atoms with Gasteiger partial charge in [-0.3, -0.25) is 4.79 Å². The molecule has 0 aromatic heterocycles. The topological polar surface area (TPSA) is 66.8 Å². The molecule has 2 N–H and O–H groups in total. The van der Waals surface area contributed by atoms with Gasteiger partial charge in [-0.2, -0.15) is 0 Å². The average molecular weight is 260 g/mol. The predicted octanol–water partition coefficient (Wildman–Crippen LogP) is 0.654. The van der Waals surface area contributed by atoms with Crippen molar-refractivity contribution in [2.75, 3.05) is 13.2 Å². The lowest BCUT2D eigenvalue weighted by Gasteiger charge is -2.50. The minimum atomic E-state index is -0.734. The molecule has 1 saturated carbocycles. The lowest BCUT2D eigenvalue weighted by atomic mass is 9.64. The molecule has 2 unspecified atom stereocenters. The van der Waals surface area contributed by atoms with Crippen molar-refractivity contribution in [3.63, 3.8) is 0 Å². The van der Waals surface area contributed by atoms with Crippen molar-refractivity contribution < 1.29 is 19.7 Å². The smallest absolute Gasteiger partial charge is 0.195 e. The molecule has 2 fully saturated rings. The lowest BCUT2D eigenvalue weighted by Crippen LogP contribution is -2.60. The number of hydrogen-bond acceptors (Lipinski definition) is 4. The highest BCUT2D eigenvalue weighted by Crippen LogP contribution is 2.75. The van der Waals surface area contributed by atoms with E-state index < -0.39 is 5.60 Å². The second-order valence-electron chi connectivity index (χ2n) is 6.02. The molecule has 4 rings (SSSR count). The second kappa shape index (κ2) is 3.08. The van der Waals surface area contributed by atoms with Gasteiger partial charge in [0.15, 0.2) is 5.78 Å². The summed E-state index contributed by atoms with van der Waals surface area (Å²) in [6.45, 7) is 3.60. The number of hydrogen-bond donors (Lipinski definition) is 2. The van der Waals surface area contributed by atoms with Crippen LogP contribution in [0.2, 0.25) is 0 Å². The van der Waals surface area contributed by atoms with Crippen LogP contribution in [0.25, 0.3) is 0 Å². The van der Waals surface area contributed by atoms with Crippen LogP contribution >= 0.6 is 0 Å². The number of carbonyl (C=O) groups is 1. The number of ether oxygens (including phenoxy) is 1. The molecule has 19 heavy (non-hydrogen) atoms. The van der Waals surface area contributed by atoms with E-state index in [1.807, 2.05) is 13.8 Å². The fraction of sp³-hybridized carbons (Fsp3) is 0.533. The van der Waals surface area contributed by atoms with Crippen LogP contribution in [0.3, 0.4) is 0 Å². The molecular formula is C15H16O4. The van der Waals surface area contributed by atoms with Crippen LogP contribution in [-0.2, 0) is 9.53 Å². The van der Waals surface area contributed by atoms with E-state index in [4.69, 9.17) is 4.74 Å². The van der Waals surface area contributed by atoms with Crippen molar-refractivity contribution in [2.24, 2.45) is 5.41 Å². The Labute approximate surface area is 111 Å². The van der Waals surface area contributed by atoms with Crippen molar-refractivity contribution in [1.29, 1.82) is 0 Å².